The van der Waals surface area contributed by atoms with E-state index in [1.54, 1.807) is 33.8 Å². The Kier molecular flexibility index (Phi) is 18.4. The van der Waals surface area contributed by atoms with Gasteiger partial charge in [-0.2, -0.15) is 0 Å². The average Bonchev–Trinajstić information content (AvgIpc) is 4.03. The van der Waals surface area contributed by atoms with Gasteiger partial charge >= 0.3 is 0 Å². The zero-order valence-electron chi connectivity index (χ0n) is 37.3. The van der Waals surface area contributed by atoms with Crippen molar-refractivity contribution in [2.24, 2.45) is 0 Å². The maximum Gasteiger partial charge on any atom is 0.0270 e. The Balaban J connectivity index is 1.31. The van der Waals surface area contributed by atoms with E-state index in [0.717, 1.165) is 0 Å². The third kappa shape index (κ3) is 12.8. The Bertz CT molecular complexity index is 2000. The second-order valence-corrected chi connectivity index (χ2v) is 19.7. The van der Waals surface area contributed by atoms with Crippen LogP contribution in [0.1, 0.15) is 198 Å². The fourth-order valence-electron chi connectivity index (χ4n) is 9.70. The number of fused-ring (bicyclic) bond motifs is 3. The lowest BCUT2D eigenvalue weighted by atomic mass is 9.70. The quantitative estimate of drug-likeness (QED) is 0.0463. The van der Waals surface area contributed by atoms with Crippen LogP contribution >= 0.6 is 22.7 Å². The molecule has 0 unspecified atom stereocenters. The zero-order chi connectivity index (χ0) is 41.1. The van der Waals surface area contributed by atoms with Gasteiger partial charge in [-0.15, -0.1) is 22.7 Å². The van der Waals surface area contributed by atoms with Crippen LogP contribution in [0.15, 0.2) is 83.6 Å². The van der Waals surface area contributed by atoms with Crippen LogP contribution in [0.25, 0.3) is 46.6 Å². The fraction of sp³-hybridized carbons (Fsp3) is 0.474. The minimum absolute atomic E-state index is 0.0621. The summed E-state index contributed by atoms with van der Waals surface area (Å²) in [6, 6.07) is 28.6. The van der Waals surface area contributed by atoms with Gasteiger partial charge in [-0.25, -0.2) is 0 Å². The van der Waals surface area contributed by atoms with Crippen molar-refractivity contribution in [3.05, 3.63) is 127 Å². The van der Waals surface area contributed by atoms with Crippen LogP contribution in [0.2, 0.25) is 0 Å². The number of hydrogen-bond acceptors (Lipinski definition) is 2. The van der Waals surface area contributed by atoms with Crippen LogP contribution in [0.3, 0.4) is 0 Å². The largest absolute Gasteiger partial charge is 0.144 e. The van der Waals surface area contributed by atoms with Crippen LogP contribution in [-0.2, 0) is 5.41 Å². The highest BCUT2D eigenvalue weighted by Gasteiger charge is 2.42. The second-order valence-electron chi connectivity index (χ2n) is 17.7. The molecule has 0 saturated carbocycles. The van der Waals surface area contributed by atoms with E-state index in [1.165, 1.54) is 196 Å². The van der Waals surface area contributed by atoms with Gasteiger partial charge in [0.25, 0.3) is 0 Å². The molecule has 0 amide bonds. The molecule has 1 aliphatic carbocycles. The van der Waals surface area contributed by atoms with Gasteiger partial charge in [-0.1, -0.05) is 209 Å². The summed E-state index contributed by atoms with van der Waals surface area (Å²) < 4.78 is 0. The van der Waals surface area contributed by atoms with E-state index in [1.807, 2.05) is 0 Å². The monoisotopic (exact) mass is 823 g/mol. The summed E-state index contributed by atoms with van der Waals surface area (Å²) in [4.78, 5) is 2.59. The number of hydrogen-bond donors (Lipinski definition) is 0. The van der Waals surface area contributed by atoms with Crippen LogP contribution in [0.5, 0.6) is 0 Å². The van der Waals surface area contributed by atoms with Gasteiger partial charge in [-0.3, -0.25) is 0 Å². The molecule has 6 rings (SSSR count). The van der Waals surface area contributed by atoms with E-state index in [2.05, 4.69) is 136 Å². The maximum atomic E-state index is 2.65. The molecule has 0 bridgehead atoms. The molecule has 59 heavy (non-hydrogen) atoms. The smallest absolute Gasteiger partial charge is 0.0270 e. The molecule has 3 aromatic carbocycles. The zero-order valence-corrected chi connectivity index (χ0v) is 38.9. The maximum absolute atomic E-state index is 2.65. The summed E-state index contributed by atoms with van der Waals surface area (Å²) in [5.74, 6) is 0. The van der Waals surface area contributed by atoms with Gasteiger partial charge in [0.2, 0.25) is 0 Å². The Morgan fingerprint density at radius 2 is 0.915 bits per heavy atom. The van der Waals surface area contributed by atoms with Gasteiger partial charge in [-0.05, 0) is 124 Å². The summed E-state index contributed by atoms with van der Waals surface area (Å²) in [6.45, 7) is 9.22. The minimum atomic E-state index is 0.0621. The SMILES string of the molecule is CCCCCCCCCCCCC1(CCCCCCCCCCCC)c2cc(C)ccc2-c2ccc(-c3cc(/C=C/c4cccs4)c(C)cc3/C=C/c3cccs3)cc21. The number of benzene rings is 3. The van der Waals surface area contributed by atoms with Gasteiger partial charge in [0.1, 0.15) is 0 Å². The molecule has 0 N–H and O–H groups in total. The number of aryl methyl sites for hydroxylation is 2. The third-order valence-electron chi connectivity index (χ3n) is 13.1. The predicted molar refractivity (Wildman–Crippen MR) is 267 cm³/mol. The molecule has 0 radical (unpaired) electrons. The van der Waals surface area contributed by atoms with Crippen molar-refractivity contribution in [2.75, 3.05) is 0 Å². The van der Waals surface area contributed by atoms with Crippen molar-refractivity contribution in [1.82, 2.24) is 0 Å². The predicted octanol–water partition coefficient (Wildman–Crippen LogP) is 19.3. The fourth-order valence-corrected chi connectivity index (χ4v) is 10.9. The van der Waals surface area contributed by atoms with Crippen LogP contribution in [0.4, 0.5) is 0 Å². The second kappa shape index (κ2) is 24.1. The van der Waals surface area contributed by atoms with E-state index in [0.29, 0.717) is 0 Å². The first-order valence-electron chi connectivity index (χ1n) is 23.9. The summed E-state index contributed by atoms with van der Waals surface area (Å²) in [6.07, 6.45) is 39.4. The summed E-state index contributed by atoms with van der Waals surface area (Å²) >= 11 is 3.61. The first-order chi connectivity index (χ1) is 29.0. The summed E-state index contributed by atoms with van der Waals surface area (Å²) in [5, 5.41) is 4.34. The van der Waals surface area contributed by atoms with E-state index in [-0.39, 0.29) is 5.41 Å². The van der Waals surface area contributed by atoms with E-state index in [9.17, 15) is 0 Å². The molecule has 0 nitrogen and oxygen atoms in total. The molecule has 5 aromatic rings. The lowest BCUT2D eigenvalue weighted by Crippen LogP contribution is -2.25. The van der Waals surface area contributed by atoms with Crippen LogP contribution in [-0.4, -0.2) is 0 Å². The first-order valence-corrected chi connectivity index (χ1v) is 25.6. The highest BCUT2D eigenvalue weighted by Crippen LogP contribution is 2.55. The summed E-state index contributed by atoms with van der Waals surface area (Å²) in [5.41, 5.74) is 14.2. The molecule has 0 saturated heterocycles. The molecule has 0 spiro atoms. The molecular formula is C57H74S2. The van der Waals surface area contributed by atoms with Gasteiger partial charge in [0.15, 0.2) is 0 Å². The Labute approximate surface area is 368 Å². The number of rotatable bonds is 27. The number of thiophene rings is 2. The molecule has 0 fully saturated rings. The van der Waals surface area contributed by atoms with Gasteiger partial charge in [0, 0.05) is 15.2 Å². The molecule has 314 valence electrons. The molecular weight excluding hydrogens is 749 g/mol. The molecule has 2 heterocycles. The standard InChI is InChI=1S/C57H74S2/c1-5-7-9-11-13-15-17-19-21-23-37-57(38-24-22-20-18-16-14-12-10-8-6-2)55-41-45(3)29-35-52(55)53-36-32-49(44-56(53)57)54-43-47(30-33-50-27-25-39-58-50)46(4)42-48(54)31-34-51-28-26-40-59-51/h25-36,39-44H,5-24,37-38H2,1-4H3/b33-30+,34-31+. The lowest BCUT2D eigenvalue weighted by molar-refractivity contribution is 0.397. The Hall–Kier alpha value is -3.46. The molecule has 2 heteroatoms. The summed E-state index contributed by atoms with van der Waals surface area (Å²) in [7, 11) is 0. The Morgan fingerprint density at radius 3 is 1.42 bits per heavy atom. The Morgan fingerprint density at radius 1 is 0.441 bits per heavy atom. The van der Waals surface area contributed by atoms with E-state index >= 15 is 0 Å². The van der Waals surface area contributed by atoms with Crippen LogP contribution < -0.4 is 0 Å². The van der Waals surface area contributed by atoms with Crippen molar-refractivity contribution >= 4 is 47.0 Å². The lowest BCUT2D eigenvalue weighted by Gasteiger charge is -2.33. The van der Waals surface area contributed by atoms with Crippen molar-refractivity contribution in [1.29, 1.82) is 0 Å². The molecule has 1 aliphatic rings. The van der Waals surface area contributed by atoms with Crippen molar-refractivity contribution in [3.63, 3.8) is 0 Å². The topological polar surface area (TPSA) is 0 Å². The van der Waals surface area contributed by atoms with Crippen LogP contribution in [0, 0.1) is 13.8 Å². The molecule has 2 aromatic heterocycles. The van der Waals surface area contributed by atoms with Crippen molar-refractivity contribution in [3.8, 4) is 22.3 Å². The molecule has 0 atom stereocenters. The van der Waals surface area contributed by atoms with E-state index in [4.69, 9.17) is 0 Å². The van der Waals surface area contributed by atoms with E-state index < -0.39 is 0 Å². The average molecular weight is 823 g/mol. The van der Waals surface area contributed by atoms with Crippen molar-refractivity contribution in [2.45, 2.75) is 174 Å². The highest BCUT2D eigenvalue weighted by molar-refractivity contribution is 7.11. The minimum Gasteiger partial charge on any atom is -0.144 e. The van der Waals surface area contributed by atoms with Crippen molar-refractivity contribution < 1.29 is 0 Å². The molecule has 0 aliphatic heterocycles. The normalized spacial score (nSPS) is 13.2. The first kappa shape index (κ1) is 45.1. The third-order valence-corrected chi connectivity index (χ3v) is 14.8. The highest BCUT2D eigenvalue weighted by atomic mass is 32.1. The number of unbranched alkanes of at least 4 members (excludes halogenated alkanes) is 18. The van der Waals surface area contributed by atoms with Gasteiger partial charge in [0.05, 0.1) is 0 Å². The van der Waals surface area contributed by atoms with Gasteiger partial charge < -0.3 is 0 Å².